The van der Waals surface area contributed by atoms with E-state index in [0.717, 1.165) is 51.4 Å². The number of rotatable bonds is 9. The maximum atomic E-state index is 5.84. The molecule has 0 atom stereocenters. The first-order valence-corrected chi connectivity index (χ1v) is 6.38. The number of hydrogen-bond acceptors (Lipinski definition) is 2. The lowest BCUT2D eigenvalue weighted by molar-refractivity contribution is 0.0849. The second kappa shape index (κ2) is 8.12. The minimum absolute atomic E-state index is 0.317. The van der Waals surface area contributed by atoms with Crippen LogP contribution in [0.25, 0.3) is 0 Å². The highest BCUT2D eigenvalue weighted by Crippen LogP contribution is 2.28. The average Bonchev–Trinajstić information content (AvgIpc) is 2.24. The summed E-state index contributed by atoms with van der Waals surface area (Å²) in [5, 5.41) is 0. The van der Waals surface area contributed by atoms with Gasteiger partial charge in [0.1, 0.15) is 0 Å². The summed E-state index contributed by atoms with van der Waals surface area (Å²) in [6.45, 7) is 11.5. The van der Waals surface area contributed by atoms with Crippen LogP contribution in [-0.2, 0) is 4.74 Å². The normalized spacial score (nSPS) is 12.4. The summed E-state index contributed by atoms with van der Waals surface area (Å²) in [6, 6.07) is 0. The molecule has 0 aromatic heterocycles. The third kappa shape index (κ3) is 6.16. The molecule has 0 rings (SSSR count). The second-order valence-electron chi connectivity index (χ2n) is 4.96. The van der Waals surface area contributed by atoms with Gasteiger partial charge < -0.3 is 10.5 Å². The maximum absolute atomic E-state index is 5.84. The first kappa shape index (κ1) is 14.9. The fourth-order valence-electron chi connectivity index (χ4n) is 1.70. The van der Waals surface area contributed by atoms with Gasteiger partial charge in [0.25, 0.3) is 0 Å². The van der Waals surface area contributed by atoms with Gasteiger partial charge in [-0.15, -0.1) is 0 Å². The monoisotopic (exact) mass is 215 g/mol. The van der Waals surface area contributed by atoms with Crippen molar-refractivity contribution >= 4 is 0 Å². The third-order valence-electron chi connectivity index (χ3n) is 3.55. The molecule has 0 heterocycles. The van der Waals surface area contributed by atoms with Crippen LogP contribution in [0.4, 0.5) is 0 Å². The van der Waals surface area contributed by atoms with Crippen LogP contribution in [0.5, 0.6) is 0 Å². The Kier molecular flexibility index (Phi) is 8.07. The smallest absolute Gasteiger partial charge is 0.0471 e. The molecule has 0 fully saturated rings. The Balaban J connectivity index is 3.63. The molecule has 0 spiro atoms. The summed E-state index contributed by atoms with van der Waals surface area (Å²) in [7, 11) is 0. The van der Waals surface area contributed by atoms with Gasteiger partial charge in [-0.1, -0.05) is 27.7 Å². The summed E-state index contributed by atoms with van der Waals surface area (Å²) in [6.07, 6.45) is 4.59. The number of hydrogen-bond donors (Lipinski definition) is 1. The van der Waals surface area contributed by atoms with E-state index < -0.39 is 0 Å². The molecule has 0 aliphatic heterocycles. The molecule has 0 aliphatic rings. The first-order valence-electron chi connectivity index (χ1n) is 6.38. The fourth-order valence-corrected chi connectivity index (χ4v) is 1.70. The summed E-state index contributed by atoms with van der Waals surface area (Å²) >= 11 is 0. The van der Waals surface area contributed by atoms with Crippen LogP contribution < -0.4 is 5.73 Å². The Morgan fingerprint density at radius 3 is 2.13 bits per heavy atom. The van der Waals surface area contributed by atoms with E-state index in [1.54, 1.807) is 0 Å². The van der Waals surface area contributed by atoms with Gasteiger partial charge in [0, 0.05) is 13.2 Å². The number of nitrogens with two attached hydrogens (primary N) is 1. The first-order chi connectivity index (χ1) is 7.10. The van der Waals surface area contributed by atoms with Crippen molar-refractivity contribution in [2.75, 3.05) is 19.8 Å². The Hall–Kier alpha value is -0.0800. The molecule has 0 aromatic carbocycles. The van der Waals surface area contributed by atoms with Gasteiger partial charge in [0.05, 0.1) is 0 Å². The van der Waals surface area contributed by atoms with Crippen molar-refractivity contribution in [1.29, 1.82) is 0 Å². The van der Waals surface area contributed by atoms with E-state index in [2.05, 4.69) is 27.7 Å². The van der Waals surface area contributed by atoms with Crippen molar-refractivity contribution in [1.82, 2.24) is 0 Å². The van der Waals surface area contributed by atoms with Crippen molar-refractivity contribution in [2.24, 2.45) is 17.1 Å². The van der Waals surface area contributed by atoms with E-state index in [9.17, 15) is 0 Å². The van der Waals surface area contributed by atoms with E-state index in [-0.39, 0.29) is 0 Å². The standard InChI is InChI=1S/C13H29NO/c1-5-13(6-2,11-14)8-10-15-9-7-12(3)4/h12H,5-11,14H2,1-4H3. The van der Waals surface area contributed by atoms with Crippen LogP contribution in [-0.4, -0.2) is 19.8 Å². The lowest BCUT2D eigenvalue weighted by atomic mass is 9.80. The summed E-state index contributed by atoms with van der Waals surface area (Å²) in [5.74, 6) is 0.738. The number of ether oxygens (including phenoxy) is 1. The lowest BCUT2D eigenvalue weighted by Crippen LogP contribution is -2.30. The molecule has 0 radical (unpaired) electrons. The van der Waals surface area contributed by atoms with Gasteiger partial charge >= 0.3 is 0 Å². The zero-order valence-electron chi connectivity index (χ0n) is 11.0. The molecular weight excluding hydrogens is 186 g/mol. The average molecular weight is 215 g/mol. The molecular formula is C13H29NO. The van der Waals surface area contributed by atoms with Gasteiger partial charge in [-0.3, -0.25) is 0 Å². The van der Waals surface area contributed by atoms with E-state index in [0.29, 0.717) is 5.41 Å². The van der Waals surface area contributed by atoms with Gasteiger partial charge in [-0.05, 0) is 43.6 Å². The minimum Gasteiger partial charge on any atom is -0.381 e. The minimum atomic E-state index is 0.317. The lowest BCUT2D eigenvalue weighted by Gasteiger charge is -2.29. The van der Waals surface area contributed by atoms with Crippen molar-refractivity contribution in [3.63, 3.8) is 0 Å². The van der Waals surface area contributed by atoms with Gasteiger partial charge in [0.15, 0.2) is 0 Å². The molecule has 0 unspecified atom stereocenters. The predicted molar refractivity (Wildman–Crippen MR) is 67.0 cm³/mol. The summed E-state index contributed by atoms with van der Waals surface area (Å²) in [4.78, 5) is 0. The topological polar surface area (TPSA) is 35.2 Å². The zero-order valence-corrected chi connectivity index (χ0v) is 11.0. The summed E-state index contributed by atoms with van der Waals surface area (Å²) in [5.41, 5.74) is 6.15. The van der Waals surface area contributed by atoms with Crippen LogP contribution in [0.15, 0.2) is 0 Å². The quantitative estimate of drug-likeness (QED) is 0.599. The molecule has 2 N–H and O–H groups in total. The van der Waals surface area contributed by atoms with E-state index in [1.807, 2.05) is 0 Å². The molecule has 15 heavy (non-hydrogen) atoms. The van der Waals surface area contributed by atoms with Crippen LogP contribution in [0.1, 0.15) is 53.4 Å². The Morgan fingerprint density at radius 2 is 1.73 bits per heavy atom. The fraction of sp³-hybridized carbons (Fsp3) is 1.00. The van der Waals surface area contributed by atoms with Crippen molar-refractivity contribution in [3.05, 3.63) is 0 Å². The third-order valence-corrected chi connectivity index (χ3v) is 3.55. The molecule has 0 saturated heterocycles. The Labute approximate surface area is 95.6 Å². The maximum Gasteiger partial charge on any atom is 0.0471 e. The molecule has 0 aliphatic carbocycles. The van der Waals surface area contributed by atoms with E-state index in [1.165, 1.54) is 0 Å². The molecule has 0 bridgehead atoms. The van der Waals surface area contributed by atoms with E-state index in [4.69, 9.17) is 10.5 Å². The highest BCUT2D eigenvalue weighted by atomic mass is 16.5. The van der Waals surface area contributed by atoms with Crippen LogP contribution >= 0.6 is 0 Å². The van der Waals surface area contributed by atoms with Crippen LogP contribution in [0, 0.1) is 11.3 Å². The van der Waals surface area contributed by atoms with Crippen molar-refractivity contribution < 1.29 is 4.74 Å². The van der Waals surface area contributed by atoms with Crippen molar-refractivity contribution in [3.8, 4) is 0 Å². The largest absolute Gasteiger partial charge is 0.381 e. The molecule has 0 saturated carbocycles. The van der Waals surface area contributed by atoms with Gasteiger partial charge in [-0.2, -0.15) is 0 Å². The Bertz CT molecular complexity index is 133. The molecule has 2 nitrogen and oxygen atoms in total. The second-order valence-corrected chi connectivity index (χ2v) is 4.96. The van der Waals surface area contributed by atoms with Crippen LogP contribution in [0.2, 0.25) is 0 Å². The van der Waals surface area contributed by atoms with E-state index >= 15 is 0 Å². The van der Waals surface area contributed by atoms with Gasteiger partial charge in [-0.25, -0.2) is 0 Å². The molecule has 0 amide bonds. The molecule has 2 heteroatoms. The molecule has 92 valence electrons. The highest BCUT2D eigenvalue weighted by molar-refractivity contribution is 4.77. The predicted octanol–water partition coefficient (Wildman–Crippen LogP) is 3.20. The van der Waals surface area contributed by atoms with Crippen molar-refractivity contribution in [2.45, 2.75) is 53.4 Å². The zero-order chi connectivity index (χ0) is 11.7. The van der Waals surface area contributed by atoms with Gasteiger partial charge in [0.2, 0.25) is 0 Å². The summed E-state index contributed by atoms with van der Waals surface area (Å²) < 4.78 is 5.65. The molecule has 0 aromatic rings. The van der Waals surface area contributed by atoms with Crippen LogP contribution in [0.3, 0.4) is 0 Å². The Morgan fingerprint density at radius 1 is 1.13 bits per heavy atom. The SMILES string of the molecule is CCC(CC)(CN)CCOCCC(C)C. The highest BCUT2D eigenvalue weighted by Gasteiger charge is 2.23.